The smallest absolute Gasteiger partial charge is 0.207 e. The maximum Gasteiger partial charge on any atom is 0.243 e. The zero-order valence-electron chi connectivity index (χ0n) is 14.5. The fraction of sp³-hybridized carbons (Fsp3) is 0.400. The molecule has 0 N–H and O–H groups in total. The molecule has 0 bridgehead atoms. The van der Waals surface area contributed by atoms with Crippen molar-refractivity contribution in [1.82, 2.24) is 4.31 Å². The molecule has 1 aliphatic carbocycles. The van der Waals surface area contributed by atoms with Gasteiger partial charge in [-0.3, -0.25) is 0 Å². The SMILES string of the molecule is Cc1ccc(S(=O)(=O)N2Cc3c(C)cc(C4CC4)c(C)c3C2)cc1. The summed E-state index contributed by atoms with van der Waals surface area (Å²) < 4.78 is 27.6. The molecule has 2 aromatic rings. The van der Waals surface area contributed by atoms with Gasteiger partial charge in [-0.2, -0.15) is 4.31 Å². The third-order valence-electron chi connectivity index (χ3n) is 5.44. The number of rotatable bonds is 3. The standard InChI is InChI=1S/C20H23NO2S/c1-13-4-8-17(9-5-13)24(22,23)21-11-19-14(2)10-18(16-6-7-16)15(3)20(19)12-21/h4-5,8-10,16H,6-7,11-12H2,1-3H3. The van der Waals surface area contributed by atoms with Gasteiger partial charge in [0.15, 0.2) is 0 Å². The van der Waals surface area contributed by atoms with Crippen LogP contribution in [0.15, 0.2) is 35.2 Å². The average molecular weight is 341 g/mol. The Balaban J connectivity index is 1.71. The highest BCUT2D eigenvalue weighted by Gasteiger charge is 2.35. The van der Waals surface area contributed by atoms with Crippen molar-refractivity contribution in [1.29, 1.82) is 0 Å². The van der Waals surface area contributed by atoms with Gasteiger partial charge in [-0.15, -0.1) is 0 Å². The lowest BCUT2D eigenvalue weighted by Crippen LogP contribution is -2.25. The summed E-state index contributed by atoms with van der Waals surface area (Å²) in [6.45, 7) is 7.23. The van der Waals surface area contributed by atoms with Crippen LogP contribution in [-0.4, -0.2) is 12.7 Å². The predicted octanol–water partition coefficient (Wildman–Crippen LogP) is 4.19. The summed E-state index contributed by atoms with van der Waals surface area (Å²) >= 11 is 0. The van der Waals surface area contributed by atoms with Crippen LogP contribution in [0, 0.1) is 20.8 Å². The van der Waals surface area contributed by atoms with E-state index in [2.05, 4.69) is 19.9 Å². The Hall–Kier alpha value is -1.65. The summed E-state index contributed by atoms with van der Waals surface area (Å²) in [5.41, 5.74) is 7.47. The van der Waals surface area contributed by atoms with Crippen molar-refractivity contribution >= 4 is 10.0 Å². The first-order chi connectivity index (χ1) is 11.4. The van der Waals surface area contributed by atoms with E-state index >= 15 is 0 Å². The van der Waals surface area contributed by atoms with Crippen molar-refractivity contribution in [2.24, 2.45) is 0 Å². The number of fused-ring (bicyclic) bond motifs is 1. The van der Waals surface area contributed by atoms with Crippen LogP contribution >= 0.6 is 0 Å². The summed E-state index contributed by atoms with van der Waals surface area (Å²) in [5.74, 6) is 0.691. The van der Waals surface area contributed by atoms with Gasteiger partial charge in [0.1, 0.15) is 0 Å². The zero-order valence-corrected chi connectivity index (χ0v) is 15.3. The number of hydrogen-bond acceptors (Lipinski definition) is 2. The topological polar surface area (TPSA) is 37.4 Å². The summed E-state index contributed by atoms with van der Waals surface area (Å²) in [5, 5.41) is 0. The van der Waals surface area contributed by atoms with Crippen molar-refractivity contribution < 1.29 is 8.42 Å². The van der Waals surface area contributed by atoms with Crippen molar-refractivity contribution in [3.8, 4) is 0 Å². The molecule has 2 aromatic carbocycles. The van der Waals surface area contributed by atoms with Crippen LogP contribution in [0.5, 0.6) is 0 Å². The molecule has 0 atom stereocenters. The van der Waals surface area contributed by atoms with E-state index in [4.69, 9.17) is 0 Å². The Morgan fingerprint density at radius 3 is 2.21 bits per heavy atom. The van der Waals surface area contributed by atoms with E-state index in [0.29, 0.717) is 23.9 Å². The van der Waals surface area contributed by atoms with Crippen LogP contribution in [0.3, 0.4) is 0 Å². The molecular weight excluding hydrogens is 318 g/mol. The van der Waals surface area contributed by atoms with E-state index in [1.54, 1.807) is 16.4 Å². The van der Waals surface area contributed by atoms with E-state index in [9.17, 15) is 8.42 Å². The second-order valence-electron chi connectivity index (χ2n) is 7.23. The maximum atomic E-state index is 13.0. The van der Waals surface area contributed by atoms with Crippen LogP contribution in [0.1, 0.15) is 52.1 Å². The summed E-state index contributed by atoms with van der Waals surface area (Å²) in [6.07, 6.45) is 2.54. The third kappa shape index (κ3) is 2.49. The minimum absolute atomic E-state index is 0.388. The largest absolute Gasteiger partial charge is 0.243 e. The summed E-state index contributed by atoms with van der Waals surface area (Å²) in [7, 11) is -3.44. The Morgan fingerprint density at radius 2 is 1.58 bits per heavy atom. The van der Waals surface area contributed by atoms with Gasteiger partial charge in [0.2, 0.25) is 10.0 Å². The first-order valence-electron chi connectivity index (χ1n) is 8.56. The molecule has 1 aliphatic heterocycles. The minimum atomic E-state index is -3.44. The van der Waals surface area contributed by atoms with E-state index in [1.165, 1.54) is 40.7 Å². The molecule has 0 amide bonds. The van der Waals surface area contributed by atoms with E-state index in [0.717, 1.165) is 5.56 Å². The number of benzene rings is 2. The number of sulfonamides is 1. The molecule has 4 rings (SSSR count). The molecule has 2 aliphatic rings. The Bertz CT molecular complexity index is 910. The van der Waals surface area contributed by atoms with E-state index < -0.39 is 10.0 Å². The van der Waals surface area contributed by atoms with Crippen molar-refractivity contribution in [2.45, 2.75) is 57.5 Å². The molecule has 24 heavy (non-hydrogen) atoms. The molecule has 0 aromatic heterocycles. The zero-order chi connectivity index (χ0) is 17.1. The van der Waals surface area contributed by atoms with Crippen LogP contribution in [0.2, 0.25) is 0 Å². The lowest BCUT2D eigenvalue weighted by Gasteiger charge is -2.16. The molecule has 1 fully saturated rings. The summed E-state index contributed by atoms with van der Waals surface area (Å²) in [6, 6.07) is 9.43. The fourth-order valence-corrected chi connectivity index (χ4v) is 5.13. The van der Waals surface area contributed by atoms with Gasteiger partial charge in [0.25, 0.3) is 0 Å². The maximum absolute atomic E-state index is 13.0. The molecule has 0 unspecified atom stereocenters. The van der Waals surface area contributed by atoms with Gasteiger partial charge >= 0.3 is 0 Å². The minimum Gasteiger partial charge on any atom is -0.207 e. The quantitative estimate of drug-likeness (QED) is 0.839. The highest BCUT2D eigenvalue weighted by molar-refractivity contribution is 7.89. The van der Waals surface area contributed by atoms with E-state index in [1.807, 2.05) is 19.1 Å². The highest BCUT2D eigenvalue weighted by atomic mass is 32.2. The number of hydrogen-bond donors (Lipinski definition) is 0. The molecule has 1 saturated carbocycles. The predicted molar refractivity (Wildman–Crippen MR) is 95.5 cm³/mol. The molecule has 0 radical (unpaired) electrons. The Morgan fingerprint density at radius 1 is 0.958 bits per heavy atom. The fourth-order valence-electron chi connectivity index (χ4n) is 3.76. The van der Waals surface area contributed by atoms with Gasteiger partial charge in [0.05, 0.1) is 4.90 Å². The van der Waals surface area contributed by atoms with Gasteiger partial charge in [-0.1, -0.05) is 23.8 Å². The van der Waals surface area contributed by atoms with Crippen molar-refractivity contribution in [3.63, 3.8) is 0 Å². The molecule has 0 saturated heterocycles. The van der Waals surface area contributed by atoms with Crippen molar-refractivity contribution in [2.75, 3.05) is 0 Å². The molecule has 3 nitrogen and oxygen atoms in total. The lowest BCUT2D eigenvalue weighted by atomic mass is 9.92. The molecule has 1 heterocycles. The third-order valence-corrected chi connectivity index (χ3v) is 7.25. The first-order valence-corrected chi connectivity index (χ1v) is 10.0. The van der Waals surface area contributed by atoms with Gasteiger partial charge in [-0.25, -0.2) is 8.42 Å². The average Bonchev–Trinajstić information content (AvgIpc) is 3.27. The highest BCUT2D eigenvalue weighted by Crippen LogP contribution is 2.45. The van der Waals surface area contributed by atoms with Crippen LogP contribution in [0.4, 0.5) is 0 Å². The Labute approximate surface area is 144 Å². The van der Waals surface area contributed by atoms with Crippen LogP contribution in [0.25, 0.3) is 0 Å². The van der Waals surface area contributed by atoms with Gasteiger partial charge in [0, 0.05) is 13.1 Å². The Kier molecular flexibility index (Phi) is 3.59. The van der Waals surface area contributed by atoms with Crippen molar-refractivity contribution in [3.05, 3.63) is 63.7 Å². The summed E-state index contributed by atoms with van der Waals surface area (Å²) in [4.78, 5) is 0.388. The molecule has 126 valence electrons. The number of aryl methyl sites for hydroxylation is 2. The van der Waals surface area contributed by atoms with Gasteiger partial charge < -0.3 is 0 Å². The second-order valence-corrected chi connectivity index (χ2v) is 9.16. The van der Waals surface area contributed by atoms with Gasteiger partial charge in [-0.05, 0) is 79.5 Å². The monoisotopic (exact) mass is 341 g/mol. The first kappa shape index (κ1) is 15.9. The lowest BCUT2D eigenvalue weighted by molar-refractivity contribution is 0.431. The van der Waals surface area contributed by atoms with Crippen LogP contribution in [-0.2, 0) is 23.1 Å². The molecule has 0 spiro atoms. The molecular formula is C20H23NO2S. The van der Waals surface area contributed by atoms with Crippen LogP contribution < -0.4 is 0 Å². The number of nitrogens with zero attached hydrogens (tertiary/aromatic N) is 1. The second kappa shape index (κ2) is 5.43. The van der Waals surface area contributed by atoms with E-state index in [-0.39, 0.29) is 0 Å². The molecule has 4 heteroatoms. The normalized spacial score (nSPS) is 18.0.